The molecule has 2 heterocycles. The molecule has 1 unspecified atom stereocenters. The first kappa shape index (κ1) is 14.6. The Kier molecular flexibility index (Phi) is 2.45. The molecular formula is C20H23NO4. The van der Waals surface area contributed by atoms with Gasteiger partial charge in [-0.25, -0.2) is 0 Å². The van der Waals surface area contributed by atoms with E-state index in [4.69, 9.17) is 4.74 Å². The molecule has 5 atom stereocenters. The third kappa shape index (κ3) is 1.44. The maximum atomic E-state index is 12.7. The maximum absolute atomic E-state index is 12.7. The number of phenols is 1. The summed E-state index contributed by atoms with van der Waals surface area (Å²) in [5, 5.41) is 22.3. The predicted octanol–water partition coefficient (Wildman–Crippen LogP) is 2.04. The number of ketones is 1. The first-order valence-corrected chi connectivity index (χ1v) is 9.51. The molecule has 1 saturated heterocycles. The molecule has 3 fully saturated rings. The maximum Gasteiger partial charge on any atom is 0.174 e. The van der Waals surface area contributed by atoms with E-state index < -0.39 is 17.1 Å². The quantitative estimate of drug-likeness (QED) is 0.861. The van der Waals surface area contributed by atoms with Gasteiger partial charge in [-0.1, -0.05) is 6.07 Å². The molecule has 5 aliphatic rings. The van der Waals surface area contributed by atoms with Gasteiger partial charge in [0, 0.05) is 30.6 Å². The van der Waals surface area contributed by atoms with Crippen molar-refractivity contribution in [3.05, 3.63) is 23.3 Å². The summed E-state index contributed by atoms with van der Waals surface area (Å²) in [5.74, 6) is 1.33. The number of rotatable bonds is 2. The number of Topliss-reactive ketones (excluding diaryl/α,β-unsaturated/α-hetero) is 1. The fourth-order valence-electron chi connectivity index (χ4n) is 6.35. The van der Waals surface area contributed by atoms with Crippen molar-refractivity contribution >= 4 is 5.78 Å². The number of hydrogen-bond acceptors (Lipinski definition) is 5. The summed E-state index contributed by atoms with van der Waals surface area (Å²) in [5.41, 5.74) is 0.397. The van der Waals surface area contributed by atoms with E-state index >= 15 is 0 Å². The van der Waals surface area contributed by atoms with Crippen LogP contribution in [0.1, 0.15) is 56.2 Å². The van der Waals surface area contributed by atoms with Crippen LogP contribution in [0.2, 0.25) is 0 Å². The normalized spacial score (nSPS) is 43.9. The number of piperidine rings is 1. The van der Waals surface area contributed by atoms with E-state index in [0.29, 0.717) is 18.6 Å². The van der Waals surface area contributed by atoms with Crippen LogP contribution in [0.15, 0.2) is 12.1 Å². The van der Waals surface area contributed by atoms with Crippen LogP contribution in [0, 0.1) is 5.92 Å². The first-order chi connectivity index (χ1) is 12.0. The van der Waals surface area contributed by atoms with Crippen molar-refractivity contribution in [2.24, 2.45) is 5.92 Å². The fraction of sp³-hybridized carbons (Fsp3) is 0.650. The van der Waals surface area contributed by atoms with E-state index in [1.165, 1.54) is 12.8 Å². The molecule has 0 amide bonds. The minimum absolute atomic E-state index is 0.0217. The van der Waals surface area contributed by atoms with Crippen molar-refractivity contribution < 1.29 is 19.7 Å². The molecule has 25 heavy (non-hydrogen) atoms. The van der Waals surface area contributed by atoms with Crippen LogP contribution in [-0.4, -0.2) is 45.2 Å². The molecule has 3 aliphatic carbocycles. The predicted molar refractivity (Wildman–Crippen MR) is 89.6 cm³/mol. The Morgan fingerprint density at radius 2 is 2.16 bits per heavy atom. The summed E-state index contributed by atoms with van der Waals surface area (Å²) in [4.78, 5) is 15.2. The number of ether oxygens (including phenoxy) is 1. The van der Waals surface area contributed by atoms with Gasteiger partial charge in [0.1, 0.15) is 0 Å². The van der Waals surface area contributed by atoms with Crippen LogP contribution in [0.5, 0.6) is 11.5 Å². The summed E-state index contributed by atoms with van der Waals surface area (Å²) >= 11 is 0. The van der Waals surface area contributed by atoms with E-state index in [9.17, 15) is 15.0 Å². The minimum atomic E-state index is -0.985. The SMILES string of the molecule is C[C@H]1N(CC2CC2)C2C[C@]34c5c2ccc(O)c5O[C@H]3C(=O)CC[C@@]14O. The average molecular weight is 341 g/mol. The number of carbonyl (C=O) groups excluding carboxylic acids is 1. The molecule has 5 heteroatoms. The highest BCUT2D eigenvalue weighted by Crippen LogP contribution is 2.69. The van der Waals surface area contributed by atoms with Crippen molar-refractivity contribution in [1.29, 1.82) is 0 Å². The van der Waals surface area contributed by atoms with Crippen molar-refractivity contribution in [3.8, 4) is 11.5 Å². The zero-order valence-corrected chi connectivity index (χ0v) is 14.4. The highest BCUT2D eigenvalue weighted by molar-refractivity contribution is 5.90. The lowest BCUT2D eigenvalue weighted by Gasteiger charge is -2.58. The average Bonchev–Trinajstić information content (AvgIpc) is 3.25. The second-order valence-corrected chi connectivity index (χ2v) is 8.77. The van der Waals surface area contributed by atoms with Gasteiger partial charge in [0.15, 0.2) is 23.4 Å². The van der Waals surface area contributed by atoms with Crippen LogP contribution in [0.25, 0.3) is 0 Å². The Hall–Kier alpha value is -1.59. The molecular weight excluding hydrogens is 318 g/mol. The molecule has 0 radical (unpaired) electrons. The summed E-state index contributed by atoms with van der Waals surface area (Å²) in [7, 11) is 0. The number of likely N-dealkylation sites (tertiary alicyclic amines) is 1. The van der Waals surface area contributed by atoms with Gasteiger partial charge in [-0.15, -0.1) is 0 Å². The zero-order chi connectivity index (χ0) is 17.1. The number of hydrogen-bond donors (Lipinski definition) is 2. The topological polar surface area (TPSA) is 70.0 Å². The fourth-order valence-corrected chi connectivity index (χ4v) is 6.35. The Morgan fingerprint density at radius 1 is 1.36 bits per heavy atom. The van der Waals surface area contributed by atoms with Crippen molar-refractivity contribution in [2.45, 2.75) is 68.2 Å². The lowest BCUT2D eigenvalue weighted by atomic mass is 9.55. The highest BCUT2D eigenvalue weighted by Gasteiger charge is 2.75. The molecule has 2 N–H and O–H groups in total. The molecule has 2 aliphatic heterocycles. The van der Waals surface area contributed by atoms with Gasteiger partial charge < -0.3 is 14.9 Å². The van der Waals surface area contributed by atoms with Gasteiger partial charge in [-0.05, 0) is 50.2 Å². The van der Waals surface area contributed by atoms with E-state index in [0.717, 1.165) is 30.0 Å². The molecule has 1 aromatic rings. The highest BCUT2D eigenvalue weighted by atomic mass is 16.5. The van der Waals surface area contributed by atoms with Gasteiger partial charge in [0.05, 0.1) is 11.0 Å². The summed E-state index contributed by atoms with van der Waals surface area (Å²) in [6, 6.07) is 3.86. The minimum Gasteiger partial charge on any atom is -0.504 e. The molecule has 2 saturated carbocycles. The monoisotopic (exact) mass is 341 g/mol. The van der Waals surface area contributed by atoms with Crippen molar-refractivity contribution in [1.82, 2.24) is 4.90 Å². The van der Waals surface area contributed by atoms with Crippen molar-refractivity contribution in [3.63, 3.8) is 0 Å². The van der Waals surface area contributed by atoms with Crippen LogP contribution in [-0.2, 0) is 10.2 Å². The molecule has 2 bridgehead atoms. The zero-order valence-electron chi connectivity index (χ0n) is 14.4. The lowest BCUT2D eigenvalue weighted by molar-refractivity contribution is -0.186. The van der Waals surface area contributed by atoms with Crippen LogP contribution < -0.4 is 4.74 Å². The molecule has 5 nitrogen and oxygen atoms in total. The first-order valence-electron chi connectivity index (χ1n) is 9.51. The van der Waals surface area contributed by atoms with Gasteiger partial charge >= 0.3 is 0 Å². The Balaban J connectivity index is 1.63. The number of carbonyl (C=O) groups is 1. The molecule has 6 rings (SSSR count). The van der Waals surface area contributed by atoms with Gasteiger partial charge in [0.25, 0.3) is 0 Å². The lowest BCUT2D eigenvalue weighted by Crippen LogP contribution is -2.72. The third-order valence-electron chi connectivity index (χ3n) is 7.75. The molecule has 1 aromatic carbocycles. The third-order valence-corrected chi connectivity index (χ3v) is 7.75. The Labute approximate surface area is 146 Å². The van der Waals surface area contributed by atoms with Gasteiger partial charge in [0.2, 0.25) is 0 Å². The number of benzene rings is 1. The summed E-state index contributed by atoms with van der Waals surface area (Å²) in [6.07, 6.45) is 3.45. The number of aliphatic hydroxyl groups is 1. The van der Waals surface area contributed by atoms with Crippen LogP contribution >= 0.6 is 0 Å². The van der Waals surface area contributed by atoms with Crippen LogP contribution in [0.3, 0.4) is 0 Å². The molecule has 1 spiro atoms. The van der Waals surface area contributed by atoms with E-state index in [1.807, 2.05) is 6.07 Å². The van der Waals surface area contributed by atoms with E-state index in [-0.39, 0.29) is 23.6 Å². The Morgan fingerprint density at radius 3 is 2.92 bits per heavy atom. The van der Waals surface area contributed by atoms with E-state index in [2.05, 4.69) is 11.8 Å². The number of fused-ring (bicyclic) bond motifs is 2. The molecule has 0 aromatic heterocycles. The van der Waals surface area contributed by atoms with Gasteiger partial charge in [-0.3, -0.25) is 9.69 Å². The number of phenolic OH excluding ortho intramolecular Hbond substituents is 1. The van der Waals surface area contributed by atoms with E-state index in [1.54, 1.807) is 6.07 Å². The molecule has 132 valence electrons. The van der Waals surface area contributed by atoms with Crippen LogP contribution in [0.4, 0.5) is 0 Å². The largest absolute Gasteiger partial charge is 0.504 e. The van der Waals surface area contributed by atoms with Crippen molar-refractivity contribution in [2.75, 3.05) is 6.54 Å². The standard InChI is InChI=1S/C20H23NO4/c1-10-20(24)7-6-15(23)18-19(20)8-13(21(10)9-11-2-3-11)12-4-5-14(22)17(25-18)16(12)19/h4-5,10-11,13,18,22,24H,2-3,6-9H2,1H3/t10-,13?,18+,19+,20-/m1/s1. The number of aromatic hydroxyl groups is 1. The van der Waals surface area contributed by atoms with Gasteiger partial charge in [-0.2, -0.15) is 0 Å². The summed E-state index contributed by atoms with van der Waals surface area (Å²) < 4.78 is 6.01. The Bertz CT molecular complexity index is 818. The second kappa shape index (κ2) is 4.21. The summed E-state index contributed by atoms with van der Waals surface area (Å²) in [6.45, 7) is 3.13. The number of nitrogens with zero attached hydrogens (tertiary/aromatic N) is 1. The smallest absolute Gasteiger partial charge is 0.174 e. The second-order valence-electron chi connectivity index (χ2n) is 8.77.